The van der Waals surface area contributed by atoms with Gasteiger partial charge >= 0.3 is 6.61 Å². The normalized spacial score (nSPS) is 16.5. The number of thiocarbonyl (C=S) groups is 1. The number of alkyl halides is 2. The van der Waals surface area contributed by atoms with Crippen molar-refractivity contribution in [1.82, 2.24) is 4.90 Å². The maximum absolute atomic E-state index is 12.4. The van der Waals surface area contributed by atoms with Crippen LogP contribution in [-0.2, 0) is 11.3 Å². The minimum atomic E-state index is -2.87. The minimum absolute atomic E-state index is 0.0625. The van der Waals surface area contributed by atoms with Gasteiger partial charge in [0.05, 0.1) is 17.7 Å². The van der Waals surface area contributed by atoms with Crippen molar-refractivity contribution in [3.8, 4) is 5.75 Å². The zero-order chi connectivity index (χ0) is 17.1. The van der Waals surface area contributed by atoms with Crippen molar-refractivity contribution in [2.75, 3.05) is 0 Å². The lowest BCUT2D eigenvalue weighted by molar-refractivity contribution is -0.122. The van der Waals surface area contributed by atoms with Crippen LogP contribution in [0.1, 0.15) is 11.3 Å². The van der Waals surface area contributed by atoms with E-state index < -0.39 is 6.61 Å². The third-order valence-electron chi connectivity index (χ3n) is 3.17. The predicted octanol–water partition coefficient (Wildman–Crippen LogP) is 4.28. The van der Waals surface area contributed by atoms with Gasteiger partial charge in [-0.3, -0.25) is 9.69 Å². The molecule has 4 nitrogen and oxygen atoms in total. The lowest BCUT2D eigenvalue weighted by Crippen LogP contribution is -2.27. The second-order valence-corrected chi connectivity index (χ2v) is 6.47. The van der Waals surface area contributed by atoms with E-state index in [1.807, 2.05) is 0 Å². The van der Waals surface area contributed by atoms with Gasteiger partial charge < -0.3 is 9.15 Å². The number of hydrogen-bond donors (Lipinski definition) is 0. The average Bonchev–Trinajstić information content (AvgIpc) is 3.13. The monoisotopic (exact) mass is 367 g/mol. The molecule has 1 amide bonds. The third kappa shape index (κ3) is 3.82. The number of rotatable bonds is 5. The van der Waals surface area contributed by atoms with E-state index in [-0.39, 0.29) is 18.2 Å². The molecule has 2 heterocycles. The Bertz CT molecular complexity index is 773. The fourth-order valence-electron chi connectivity index (χ4n) is 2.09. The van der Waals surface area contributed by atoms with Crippen molar-refractivity contribution >= 4 is 40.3 Å². The van der Waals surface area contributed by atoms with Gasteiger partial charge in [-0.05, 0) is 35.9 Å². The minimum Gasteiger partial charge on any atom is -0.467 e. The van der Waals surface area contributed by atoms with E-state index in [1.54, 1.807) is 30.3 Å². The number of ether oxygens (including phenoxy) is 1. The molecule has 0 spiro atoms. The highest BCUT2D eigenvalue weighted by Crippen LogP contribution is 2.33. The number of benzene rings is 1. The molecule has 1 aromatic heterocycles. The third-order valence-corrected chi connectivity index (χ3v) is 4.55. The van der Waals surface area contributed by atoms with Gasteiger partial charge in [-0.25, -0.2) is 0 Å². The van der Waals surface area contributed by atoms with Crippen LogP contribution in [0.3, 0.4) is 0 Å². The van der Waals surface area contributed by atoms with Crippen molar-refractivity contribution < 1.29 is 22.7 Å². The summed E-state index contributed by atoms with van der Waals surface area (Å²) in [6.45, 7) is -2.59. The van der Waals surface area contributed by atoms with Crippen LogP contribution in [0.25, 0.3) is 6.08 Å². The van der Waals surface area contributed by atoms with Crippen LogP contribution >= 0.6 is 24.0 Å². The largest absolute Gasteiger partial charge is 0.467 e. The van der Waals surface area contributed by atoms with E-state index in [0.29, 0.717) is 20.5 Å². The second kappa shape index (κ2) is 7.14. The molecule has 1 fully saturated rings. The van der Waals surface area contributed by atoms with E-state index in [1.165, 1.54) is 35.1 Å². The van der Waals surface area contributed by atoms with Gasteiger partial charge in [-0.15, -0.1) is 0 Å². The Balaban J connectivity index is 1.73. The molecule has 1 saturated heterocycles. The zero-order valence-corrected chi connectivity index (χ0v) is 13.8. The Labute approximate surface area is 146 Å². The second-order valence-electron chi connectivity index (χ2n) is 4.79. The highest BCUT2D eigenvalue weighted by Gasteiger charge is 2.32. The van der Waals surface area contributed by atoms with Crippen LogP contribution in [0.2, 0.25) is 0 Å². The first-order valence-corrected chi connectivity index (χ1v) is 8.08. The van der Waals surface area contributed by atoms with Crippen molar-refractivity contribution in [3.63, 3.8) is 0 Å². The predicted molar refractivity (Wildman–Crippen MR) is 90.5 cm³/mol. The number of amides is 1. The first-order valence-electron chi connectivity index (χ1n) is 6.85. The summed E-state index contributed by atoms with van der Waals surface area (Å²) in [7, 11) is 0. The first kappa shape index (κ1) is 16.7. The lowest BCUT2D eigenvalue weighted by Gasteiger charge is -2.11. The number of nitrogens with zero attached hydrogens (tertiary/aromatic N) is 1. The molecule has 1 aromatic carbocycles. The van der Waals surface area contributed by atoms with Gasteiger partial charge in [0.2, 0.25) is 0 Å². The molecule has 124 valence electrons. The number of halogens is 2. The zero-order valence-electron chi connectivity index (χ0n) is 12.1. The lowest BCUT2D eigenvalue weighted by atomic mass is 10.2. The molecule has 0 saturated carbocycles. The molecule has 0 N–H and O–H groups in total. The Morgan fingerprint density at radius 1 is 1.29 bits per heavy atom. The molecular formula is C16H11F2NO3S2. The molecule has 2 aromatic rings. The maximum atomic E-state index is 12.4. The van der Waals surface area contributed by atoms with E-state index in [0.717, 1.165) is 0 Å². The van der Waals surface area contributed by atoms with Gasteiger partial charge in [-0.2, -0.15) is 8.78 Å². The number of furan rings is 1. The number of carbonyl (C=O) groups excluding carboxylic acids is 1. The Kier molecular flexibility index (Phi) is 4.96. The Morgan fingerprint density at radius 2 is 2.04 bits per heavy atom. The molecule has 24 heavy (non-hydrogen) atoms. The first-order chi connectivity index (χ1) is 11.5. The number of carbonyl (C=O) groups is 1. The summed E-state index contributed by atoms with van der Waals surface area (Å²) in [5.74, 6) is 0.489. The number of thioether (sulfide) groups is 1. The van der Waals surface area contributed by atoms with Gasteiger partial charge in [0.15, 0.2) is 0 Å². The summed E-state index contributed by atoms with van der Waals surface area (Å²) in [4.78, 5) is 14.4. The van der Waals surface area contributed by atoms with E-state index >= 15 is 0 Å². The molecule has 1 aliphatic heterocycles. The van der Waals surface area contributed by atoms with Gasteiger partial charge in [-0.1, -0.05) is 36.1 Å². The van der Waals surface area contributed by atoms with Gasteiger partial charge in [0.25, 0.3) is 5.91 Å². The van der Waals surface area contributed by atoms with Crippen LogP contribution in [0, 0.1) is 0 Å². The molecule has 8 heteroatoms. The molecule has 0 radical (unpaired) electrons. The van der Waals surface area contributed by atoms with E-state index in [9.17, 15) is 13.6 Å². The quantitative estimate of drug-likeness (QED) is 0.583. The van der Waals surface area contributed by atoms with E-state index in [2.05, 4.69) is 4.74 Å². The Hall–Kier alpha value is -2.19. The van der Waals surface area contributed by atoms with Crippen LogP contribution in [0.15, 0.2) is 52.0 Å². The van der Waals surface area contributed by atoms with Crippen LogP contribution in [-0.4, -0.2) is 21.7 Å². The van der Waals surface area contributed by atoms with Gasteiger partial charge in [0, 0.05) is 0 Å². The summed E-state index contributed by atoms with van der Waals surface area (Å²) in [5.41, 5.74) is 0.690. The fraction of sp³-hybridized carbons (Fsp3) is 0.125. The maximum Gasteiger partial charge on any atom is 0.387 e. The summed E-state index contributed by atoms with van der Waals surface area (Å²) in [5, 5.41) is 0. The molecule has 1 aliphatic rings. The SMILES string of the molecule is O=C1C(=Cc2ccc(OC(F)F)cc2)SC(=S)N1Cc1ccco1. The smallest absolute Gasteiger partial charge is 0.387 e. The van der Waals surface area contributed by atoms with Crippen LogP contribution in [0.4, 0.5) is 8.78 Å². The topological polar surface area (TPSA) is 42.7 Å². The summed E-state index contributed by atoms with van der Waals surface area (Å²) < 4.78 is 34.2. The highest BCUT2D eigenvalue weighted by molar-refractivity contribution is 8.26. The number of hydrogen-bond acceptors (Lipinski definition) is 5. The summed E-state index contributed by atoms with van der Waals surface area (Å²) >= 11 is 6.42. The molecule has 0 bridgehead atoms. The summed E-state index contributed by atoms with van der Waals surface area (Å²) in [6.07, 6.45) is 3.19. The average molecular weight is 367 g/mol. The van der Waals surface area contributed by atoms with Crippen LogP contribution < -0.4 is 4.74 Å². The standard InChI is InChI=1S/C16H11F2NO3S2/c17-15(18)22-11-5-3-10(4-6-11)8-13-14(20)19(16(23)24-13)9-12-2-1-7-21-12/h1-8,15H,9H2. The Morgan fingerprint density at radius 3 is 2.67 bits per heavy atom. The molecule has 3 rings (SSSR count). The van der Waals surface area contributed by atoms with Gasteiger partial charge in [0.1, 0.15) is 15.8 Å². The van der Waals surface area contributed by atoms with E-state index in [4.69, 9.17) is 16.6 Å². The van der Waals surface area contributed by atoms with Crippen molar-refractivity contribution in [3.05, 3.63) is 58.9 Å². The molecular weight excluding hydrogens is 356 g/mol. The molecule has 0 atom stereocenters. The fourth-order valence-corrected chi connectivity index (χ4v) is 3.35. The van der Waals surface area contributed by atoms with Crippen molar-refractivity contribution in [2.24, 2.45) is 0 Å². The van der Waals surface area contributed by atoms with Crippen LogP contribution in [0.5, 0.6) is 5.75 Å². The molecule has 0 unspecified atom stereocenters. The molecule has 0 aliphatic carbocycles. The summed E-state index contributed by atoms with van der Waals surface area (Å²) in [6, 6.07) is 9.53. The van der Waals surface area contributed by atoms with Crippen molar-refractivity contribution in [2.45, 2.75) is 13.2 Å². The highest BCUT2D eigenvalue weighted by atomic mass is 32.2. The van der Waals surface area contributed by atoms with Crippen molar-refractivity contribution in [1.29, 1.82) is 0 Å².